The van der Waals surface area contributed by atoms with Gasteiger partial charge < -0.3 is 4.55 Å². The molecule has 0 amide bonds. The Kier molecular flexibility index (Phi) is 1.06. The first kappa shape index (κ1) is 4.47. The third-order valence-electron chi connectivity index (χ3n) is 0.941. The summed E-state index contributed by atoms with van der Waals surface area (Å²) in [4.78, 5) is 0. The zero-order valence-corrected chi connectivity index (χ0v) is 4.62. The molecule has 0 saturated carbocycles. The fraction of sp³-hybridized carbons (Fsp3) is 1.00. The van der Waals surface area contributed by atoms with Crippen LogP contribution < -0.4 is 0 Å². The highest BCUT2D eigenvalue weighted by Crippen LogP contribution is 2.15. The van der Waals surface area contributed by atoms with Crippen molar-refractivity contribution in [1.82, 2.24) is 0 Å². The van der Waals surface area contributed by atoms with Crippen LogP contribution in [0.3, 0.4) is 0 Å². The van der Waals surface area contributed by atoms with E-state index in [1.54, 1.807) is 0 Å². The van der Waals surface area contributed by atoms with Crippen molar-refractivity contribution in [3.63, 3.8) is 0 Å². The minimum atomic E-state index is -0.422. The lowest BCUT2D eigenvalue weighted by Gasteiger charge is -2.24. The van der Waals surface area contributed by atoms with E-state index in [-0.39, 0.29) is 0 Å². The summed E-state index contributed by atoms with van der Waals surface area (Å²) in [5.41, 5.74) is 0. The molecule has 0 atom stereocenters. The third-order valence-corrected chi connectivity index (χ3v) is 2.82. The molecule has 1 saturated heterocycles. The number of hydrogen-bond donors (Lipinski definition) is 0. The van der Waals surface area contributed by atoms with Gasteiger partial charge >= 0.3 is 0 Å². The predicted molar refractivity (Wildman–Crippen MR) is 27.0 cm³/mol. The fourth-order valence-electron chi connectivity index (χ4n) is 0.586. The van der Waals surface area contributed by atoms with Crippen molar-refractivity contribution in [2.75, 3.05) is 11.5 Å². The predicted octanol–water partition coefficient (Wildman–Crippen LogP) is 0.385. The summed E-state index contributed by atoms with van der Waals surface area (Å²) >= 11 is -0.422. The van der Waals surface area contributed by atoms with Gasteiger partial charge in [0.1, 0.15) is 11.5 Å². The molecular formula is C4H8OS. The van der Waals surface area contributed by atoms with E-state index in [1.165, 1.54) is 0 Å². The summed E-state index contributed by atoms with van der Waals surface area (Å²) < 4.78 is 10.2. The molecule has 0 aromatic rings. The van der Waals surface area contributed by atoms with E-state index in [0.29, 0.717) is 0 Å². The summed E-state index contributed by atoms with van der Waals surface area (Å²) in [5, 5.41) is 0. The topological polar surface area (TPSA) is 23.1 Å². The monoisotopic (exact) mass is 104 g/mol. The van der Waals surface area contributed by atoms with E-state index in [0.717, 1.165) is 17.4 Å². The van der Waals surface area contributed by atoms with Gasteiger partial charge in [0.15, 0.2) is 0 Å². The van der Waals surface area contributed by atoms with Gasteiger partial charge in [-0.15, -0.1) is 0 Å². The highest BCUT2D eigenvalue weighted by molar-refractivity contribution is 7.92. The first-order valence-electron chi connectivity index (χ1n) is 2.14. The Morgan fingerprint density at radius 2 is 2.17 bits per heavy atom. The van der Waals surface area contributed by atoms with E-state index in [1.807, 2.05) is 0 Å². The van der Waals surface area contributed by atoms with Gasteiger partial charge in [-0.1, -0.05) is 18.1 Å². The van der Waals surface area contributed by atoms with Crippen LogP contribution in [0.15, 0.2) is 0 Å². The zero-order valence-electron chi connectivity index (χ0n) is 3.81. The summed E-state index contributed by atoms with van der Waals surface area (Å²) in [5.74, 6) is 2.63. The molecule has 2 heteroatoms. The standard InChI is InChI=1S/C4H8OS/c1-4-2-6(5)3-4/h4H,2-3H2,1H3/t4-,6+. The molecule has 1 heterocycles. The van der Waals surface area contributed by atoms with Gasteiger partial charge in [-0.25, -0.2) is 0 Å². The quantitative estimate of drug-likeness (QED) is 0.407. The second-order valence-electron chi connectivity index (χ2n) is 1.88. The summed E-state index contributed by atoms with van der Waals surface area (Å²) in [6.07, 6.45) is 0. The molecule has 0 aromatic heterocycles. The van der Waals surface area contributed by atoms with E-state index in [4.69, 9.17) is 0 Å². The molecule has 1 aliphatic rings. The minimum Gasteiger partial charge on any atom is -0.616 e. The highest BCUT2D eigenvalue weighted by Gasteiger charge is 2.26. The molecule has 1 aliphatic heterocycles. The Morgan fingerprint density at radius 1 is 1.67 bits per heavy atom. The molecule has 0 radical (unpaired) electrons. The van der Waals surface area contributed by atoms with E-state index >= 15 is 0 Å². The molecule has 1 rings (SSSR count). The smallest absolute Gasteiger partial charge is 0.112 e. The van der Waals surface area contributed by atoms with Gasteiger partial charge in [0.2, 0.25) is 0 Å². The van der Waals surface area contributed by atoms with Crippen molar-refractivity contribution in [3.8, 4) is 0 Å². The van der Waals surface area contributed by atoms with Crippen molar-refractivity contribution >= 4 is 11.2 Å². The van der Waals surface area contributed by atoms with E-state index in [9.17, 15) is 4.55 Å². The van der Waals surface area contributed by atoms with Gasteiger partial charge in [0, 0.05) is 5.92 Å². The lowest BCUT2D eigenvalue weighted by molar-refractivity contribution is 0.541. The van der Waals surface area contributed by atoms with Gasteiger partial charge in [-0.2, -0.15) is 0 Å². The summed E-state index contributed by atoms with van der Waals surface area (Å²) in [6, 6.07) is 0. The minimum absolute atomic E-state index is 0.422. The number of hydrogen-bond acceptors (Lipinski definition) is 1. The Morgan fingerprint density at radius 3 is 2.17 bits per heavy atom. The molecule has 0 unspecified atom stereocenters. The molecular weight excluding hydrogens is 96.1 g/mol. The van der Waals surface area contributed by atoms with Crippen LogP contribution in [0.1, 0.15) is 6.92 Å². The van der Waals surface area contributed by atoms with Crippen LogP contribution in [0.25, 0.3) is 0 Å². The maximum atomic E-state index is 10.2. The molecule has 0 aliphatic carbocycles. The Labute approximate surface area is 40.9 Å². The van der Waals surface area contributed by atoms with Crippen molar-refractivity contribution in [2.24, 2.45) is 5.92 Å². The van der Waals surface area contributed by atoms with Crippen molar-refractivity contribution in [1.29, 1.82) is 0 Å². The van der Waals surface area contributed by atoms with Crippen LogP contribution in [-0.4, -0.2) is 16.1 Å². The Balaban J connectivity index is 2.11. The van der Waals surface area contributed by atoms with Crippen LogP contribution >= 0.6 is 0 Å². The van der Waals surface area contributed by atoms with Crippen molar-refractivity contribution < 1.29 is 4.55 Å². The van der Waals surface area contributed by atoms with Crippen molar-refractivity contribution in [2.45, 2.75) is 6.92 Å². The van der Waals surface area contributed by atoms with Gasteiger partial charge in [0.05, 0.1) is 0 Å². The molecule has 0 bridgehead atoms. The molecule has 0 N–H and O–H groups in total. The molecule has 1 fully saturated rings. The van der Waals surface area contributed by atoms with Gasteiger partial charge in [-0.05, 0) is 0 Å². The molecule has 36 valence electrons. The first-order valence-corrected chi connectivity index (χ1v) is 3.63. The average molecular weight is 104 g/mol. The lowest BCUT2D eigenvalue weighted by atomic mass is 10.2. The third kappa shape index (κ3) is 0.684. The highest BCUT2D eigenvalue weighted by atomic mass is 32.2. The van der Waals surface area contributed by atoms with Gasteiger partial charge in [-0.3, -0.25) is 0 Å². The lowest BCUT2D eigenvalue weighted by Crippen LogP contribution is -2.33. The van der Waals surface area contributed by atoms with Crippen LogP contribution in [-0.2, 0) is 11.2 Å². The van der Waals surface area contributed by atoms with E-state index in [2.05, 4.69) is 6.92 Å². The fourth-order valence-corrected chi connectivity index (χ4v) is 1.76. The number of rotatable bonds is 0. The van der Waals surface area contributed by atoms with Gasteiger partial charge in [0.25, 0.3) is 0 Å². The second-order valence-corrected chi connectivity index (χ2v) is 3.42. The van der Waals surface area contributed by atoms with Crippen LogP contribution in [0.2, 0.25) is 0 Å². The van der Waals surface area contributed by atoms with E-state index < -0.39 is 11.2 Å². The average Bonchev–Trinajstić information content (AvgIpc) is 1.33. The molecule has 0 aromatic carbocycles. The maximum absolute atomic E-state index is 10.2. The second kappa shape index (κ2) is 1.43. The SMILES string of the molecule is C[C@H]1C[S@@+]([O-])C1. The first-order chi connectivity index (χ1) is 2.79. The molecule has 0 spiro atoms. The zero-order chi connectivity index (χ0) is 4.57. The summed E-state index contributed by atoms with van der Waals surface area (Å²) in [6.45, 7) is 2.13. The van der Waals surface area contributed by atoms with Crippen LogP contribution in [0, 0.1) is 5.92 Å². The maximum Gasteiger partial charge on any atom is 0.112 e. The largest absolute Gasteiger partial charge is 0.616 e. The molecule has 1 nitrogen and oxygen atoms in total. The van der Waals surface area contributed by atoms with Crippen LogP contribution in [0.5, 0.6) is 0 Å². The Hall–Kier alpha value is 0.310. The van der Waals surface area contributed by atoms with Crippen LogP contribution in [0.4, 0.5) is 0 Å². The normalized spacial score (nSPS) is 45.0. The molecule has 6 heavy (non-hydrogen) atoms. The Bertz CT molecular complexity index is 43.5. The van der Waals surface area contributed by atoms with Crippen molar-refractivity contribution in [3.05, 3.63) is 0 Å². The summed E-state index contributed by atoms with van der Waals surface area (Å²) in [7, 11) is 0.